The van der Waals surface area contributed by atoms with Crippen molar-refractivity contribution in [1.29, 1.82) is 0 Å². The number of nitrogens with two attached hydrogens (primary N) is 1. The molecule has 0 fully saturated rings. The zero-order valence-corrected chi connectivity index (χ0v) is 40.8. The number of ether oxygens (including phenoxy) is 1. The van der Waals surface area contributed by atoms with Crippen molar-refractivity contribution in [1.82, 2.24) is 49.7 Å². The average molecular weight is 994 g/mol. The Morgan fingerprint density at radius 3 is 1.58 bits per heavy atom. The molecule has 0 aliphatic carbocycles. The van der Waals surface area contributed by atoms with E-state index >= 15 is 0 Å². The number of hydrogen-bond donors (Lipinski definition) is 4. The monoisotopic (exact) mass is 992 g/mol. The molecule has 0 bridgehead atoms. The molecule has 6 aromatic heterocycles. The highest BCUT2D eigenvalue weighted by molar-refractivity contribution is 6.31. The minimum absolute atomic E-state index is 0. The maximum absolute atomic E-state index is 12.8. The lowest BCUT2D eigenvalue weighted by atomic mass is 10.1. The normalized spacial score (nSPS) is 10.9. The first kappa shape index (κ1) is 52.8. The van der Waals surface area contributed by atoms with E-state index in [-0.39, 0.29) is 38.2 Å². The Kier molecular flexibility index (Phi) is 17.4. The van der Waals surface area contributed by atoms with Gasteiger partial charge in [0.25, 0.3) is 11.8 Å². The standard InChI is InChI=1S/C27H29ClN6O3.C22H21ClN6O.CH4.ClH/c1-16-8-24(33-26(36)37-27(3,4)5)32-17(2)21(16)12-30-25(35)23-14-34(15-31-23)13-18-6-7-22-19(9-18)10-20(28)11-29-22;1-13-5-21(24)28-14(2)18(13)9-26-22(30)20-11-29(12-27-20)10-15-3-4-19-16(6-15)7-17(23)8-25-19;;/h6-11,14-15H,12-13H2,1-5H3,(H,30,35)(H,32,33,36);3-8,11-12H,9-10H2,1-2H3,(H2,24,28)(H,26,30);1H4;1H. The minimum Gasteiger partial charge on any atom is -0.444 e. The van der Waals surface area contributed by atoms with Gasteiger partial charge in [0.2, 0.25) is 0 Å². The summed E-state index contributed by atoms with van der Waals surface area (Å²) in [6.45, 7) is 14.7. The topological polar surface area (TPSA) is 210 Å². The second-order valence-electron chi connectivity index (χ2n) is 17.0. The number of carbonyl (C=O) groups is 3. The summed E-state index contributed by atoms with van der Waals surface area (Å²) in [6, 6.07) is 19.3. The fraction of sp³-hybridized carbons (Fsp3) is 0.260. The minimum atomic E-state index is -0.605. The summed E-state index contributed by atoms with van der Waals surface area (Å²) < 4.78 is 9.00. The Balaban J connectivity index is 0.000000255. The van der Waals surface area contributed by atoms with Crippen molar-refractivity contribution in [3.8, 4) is 0 Å². The van der Waals surface area contributed by atoms with Crippen LogP contribution in [0, 0.1) is 27.7 Å². The van der Waals surface area contributed by atoms with Crippen LogP contribution in [0.5, 0.6) is 0 Å². The van der Waals surface area contributed by atoms with E-state index in [0.29, 0.717) is 58.4 Å². The van der Waals surface area contributed by atoms with Crippen molar-refractivity contribution < 1.29 is 19.1 Å². The molecule has 3 amide bonds. The maximum Gasteiger partial charge on any atom is 0.413 e. The van der Waals surface area contributed by atoms with Gasteiger partial charge in [-0.15, -0.1) is 12.4 Å². The van der Waals surface area contributed by atoms with E-state index in [9.17, 15) is 14.4 Å². The number of pyridine rings is 4. The van der Waals surface area contributed by atoms with Crippen molar-refractivity contribution in [2.75, 3.05) is 11.1 Å². The number of imidazole rings is 2. The SMILES string of the molecule is C.Cc1cc(N)nc(C)c1CNC(=O)c1cn(Cc2ccc3ncc(Cl)cc3c2)cn1.Cc1cc(NC(=O)OC(C)(C)C)nc(C)c1CNC(=O)c1cn(Cc2ccc3ncc(Cl)cc3c2)cn1.Cl. The van der Waals surface area contributed by atoms with Crippen LogP contribution in [-0.2, 0) is 30.9 Å². The molecule has 0 atom stereocenters. The third-order valence-electron chi connectivity index (χ3n) is 10.5. The number of carbonyl (C=O) groups excluding carboxylic acids is 3. The van der Waals surface area contributed by atoms with Crippen LogP contribution in [-0.4, -0.2) is 62.5 Å². The zero-order chi connectivity index (χ0) is 48.0. The first-order chi connectivity index (χ1) is 31.8. The molecule has 0 aliphatic heterocycles. The second kappa shape index (κ2) is 22.8. The van der Waals surface area contributed by atoms with E-state index in [0.717, 1.165) is 60.9 Å². The lowest BCUT2D eigenvalue weighted by Gasteiger charge is -2.20. The van der Waals surface area contributed by atoms with Gasteiger partial charge in [-0.3, -0.25) is 24.9 Å². The molecule has 0 unspecified atom stereocenters. The number of nitrogens with one attached hydrogen (secondary N) is 3. The molecule has 0 spiro atoms. The first-order valence-electron chi connectivity index (χ1n) is 21.2. The smallest absolute Gasteiger partial charge is 0.413 e. The van der Waals surface area contributed by atoms with Gasteiger partial charge in [-0.1, -0.05) is 42.8 Å². The van der Waals surface area contributed by atoms with Crippen molar-refractivity contribution in [2.45, 2.75) is 87.7 Å². The number of benzene rings is 2. The Morgan fingerprint density at radius 2 is 1.13 bits per heavy atom. The van der Waals surface area contributed by atoms with Gasteiger partial charge in [-0.25, -0.2) is 24.7 Å². The lowest BCUT2D eigenvalue weighted by molar-refractivity contribution is 0.0634. The summed E-state index contributed by atoms with van der Waals surface area (Å²) in [4.78, 5) is 63.2. The third-order valence-corrected chi connectivity index (χ3v) is 10.9. The van der Waals surface area contributed by atoms with Gasteiger partial charge >= 0.3 is 6.09 Å². The Morgan fingerprint density at radius 1 is 0.667 bits per heavy atom. The van der Waals surface area contributed by atoms with E-state index in [1.807, 2.05) is 85.4 Å². The Hall–Kier alpha value is -7.14. The summed E-state index contributed by atoms with van der Waals surface area (Å²) in [5.41, 5.74) is 14.9. The molecule has 0 saturated carbocycles. The summed E-state index contributed by atoms with van der Waals surface area (Å²) in [6.07, 6.45) is 9.41. The van der Waals surface area contributed by atoms with Gasteiger partial charge in [0.05, 0.1) is 33.7 Å². The first-order valence-corrected chi connectivity index (χ1v) is 22.0. The summed E-state index contributed by atoms with van der Waals surface area (Å²) in [5, 5.41) is 11.6. The Labute approximate surface area is 416 Å². The molecule has 0 radical (unpaired) electrons. The molecule has 69 heavy (non-hydrogen) atoms. The number of hydrogen-bond acceptors (Lipinski definition) is 11. The highest BCUT2D eigenvalue weighted by Gasteiger charge is 2.19. The maximum atomic E-state index is 12.8. The highest BCUT2D eigenvalue weighted by Crippen LogP contribution is 2.22. The van der Waals surface area contributed by atoms with E-state index in [2.05, 4.69) is 45.9 Å². The molecular weight excluding hydrogens is 939 g/mol. The zero-order valence-electron chi connectivity index (χ0n) is 38.5. The summed E-state index contributed by atoms with van der Waals surface area (Å²) in [7, 11) is 0. The molecule has 19 heteroatoms. The largest absolute Gasteiger partial charge is 0.444 e. The van der Waals surface area contributed by atoms with Gasteiger partial charge in [-0.2, -0.15) is 0 Å². The quantitative estimate of drug-likeness (QED) is 0.0958. The van der Waals surface area contributed by atoms with E-state index in [1.165, 1.54) is 0 Å². The van der Waals surface area contributed by atoms with Crippen LogP contribution >= 0.6 is 35.6 Å². The highest BCUT2D eigenvalue weighted by atomic mass is 35.5. The number of nitrogen functional groups attached to an aromatic ring is 1. The van der Waals surface area contributed by atoms with E-state index in [1.54, 1.807) is 70.3 Å². The third kappa shape index (κ3) is 14.2. The molecule has 0 aliphatic rings. The van der Waals surface area contributed by atoms with Crippen LogP contribution in [0.25, 0.3) is 21.8 Å². The van der Waals surface area contributed by atoms with Crippen LogP contribution in [0.4, 0.5) is 16.4 Å². The molecule has 5 N–H and O–H groups in total. The van der Waals surface area contributed by atoms with Gasteiger partial charge in [-0.05, 0) is 130 Å². The number of aryl methyl sites for hydroxylation is 4. The molecule has 2 aromatic carbocycles. The van der Waals surface area contributed by atoms with E-state index in [4.69, 9.17) is 33.7 Å². The Bertz CT molecular complexity index is 3100. The molecule has 360 valence electrons. The number of amides is 3. The van der Waals surface area contributed by atoms with Crippen molar-refractivity contribution in [2.24, 2.45) is 0 Å². The van der Waals surface area contributed by atoms with Gasteiger partial charge < -0.3 is 30.2 Å². The number of rotatable bonds is 11. The van der Waals surface area contributed by atoms with E-state index < -0.39 is 11.7 Å². The second-order valence-corrected chi connectivity index (χ2v) is 17.9. The number of halogens is 3. The molecule has 0 saturated heterocycles. The van der Waals surface area contributed by atoms with Crippen LogP contribution < -0.4 is 21.7 Å². The van der Waals surface area contributed by atoms with Gasteiger partial charge in [0.15, 0.2) is 0 Å². The predicted octanol–water partition coefficient (Wildman–Crippen LogP) is 10.1. The molecule has 8 rings (SSSR count). The molecular formula is C50H55Cl3N12O4. The number of nitrogens with zero attached hydrogens (tertiary/aromatic N) is 8. The van der Waals surface area contributed by atoms with Gasteiger partial charge in [0, 0.05) is 73.1 Å². The van der Waals surface area contributed by atoms with Crippen LogP contribution in [0.15, 0.2) is 98.1 Å². The number of aromatic nitrogens is 8. The van der Waals surface area contributed by atoms with Crippen LogP contribution in [0.3, 0.4) is 0 Å². The van der Waals surface area contributed by atoms with Crippen LogP contribution in [0.1, 0.15) is 93.9 Å². The predicted molar refractivity (Wildman–Crippen MR) is 274 cm³/mol. The van der Waals surface area contributed by atoms with Crippen molar-refractivity contribution >= 4 is 87.0 Å². The fourth-order valence-corrected chi connectivity index (χ4v) is 7.66. The average Bonchev–Trinajstić information content (AvgIpc) is 3.92. The molecule has 8 aromatic rings. The number of fused-ring (bicyclic) bond motifs is 2. The molecule has 16 nitrogen and oxygen atoms in total. The number of anilines is 2. The summed E-state index contributed by atoms with van der Waals surface area (Å²) in [5.74, 6) is 0.345. The van der Waals surface area contributed by atoms with Crippen LogP contribution in [0.2, 0.25) is 10.0 Å². The van der Waals surface area contributed by atoms with Crippen molar-refractivity contribution in [3.05, 3.63) is 164 Å². The molecule has 6 heterocycles. The summed E-state index contributed by atoms with van der Waals surface area (Å²) >= 11 is 12.1. The van der Waals surface area contributed by atoms with Gasteiger partial charge in [0.1, 0.15) is 28.6 Å². The van der Waals surface area contributed by atoms with Crippen molar-refractivity contribution in [3.63, 3.8) is 0 Å². The fourth-order valence-electron chi connectivity index (χ4n) is 7.33. The lowest BCUT2D eigenvalue weighted by Crippen LogP contribution is -2.28.